The molecule has 0 aromatic heterocycles. The third-order valence-corrected chi connectivity index (χ3v) is 3.24. The van der Waals surface area contributed by atoms with Crippen LogP contribution in [-0.2, 0) is 4.74 Å². The van der Waals surface area contributed by atoms with Gasteiger partial charge in [0.15, 0.2) is 11.5 Å². The third kappa shape index (κ3) is 2.81. The van der Waals surface area contributed by atoms with Crippen molar-refractivity contribution >= 4 is 34.4 Å². The minimum Gasteiger partial charge on any atom is -0.493 e. The lowest BCUT2D eigenvalue weighted by atomic mass is 10.1. The molecule has 0 aliphatic carbocycles. The molecule has 1 amide bonds. The first-order chi connectivity index (χ1) is 8.15. The van der Waals surface area contributed by atoms with Crippen molar-refractivity contribution in [3.8, 4) is 11.5 Å². The van der Waals surface area contributed by atoms with E-state index in [9.17, 15) is 4.79 Å². The van der Waals surface area contributed by atoms with Gasteiger partial charge >= 0.3 is 6.09 Å². The van der Waals surface area contributed by atoms with E-state index in [1.54, 1.807) is 20.3 Å². The Balaban J connectivity index is 0.00000162. The summed E-state index contributed by atoms with van der Waals surface area (Å²) in [6, 6.07) is 3.46. The van der Waals surface area contributed by atoms with E-state index >= 15 is 0 Å². The molecule has 1 heterocycles. The highest BCUT2D eigenvalue weighted by atomic mass is 79.9. The Hall–Kier alpha value is -1.14. The summed E-state index contributed by atoms with van der Waals surface area (Å²) >= 11 is 3.44. The van der Waals surface area contributed by atoms with Crippen LogP contribution in [0.4, 0.5) is 4.79 Å². The topological polar surface area (TPSA) is 56.8 Å². The SMILES string of the molecule is COc1cc(Br)c([C@@H]2COC(=O)N2)cc1OC.Cl. The molecule has 1 fully saturated rings. The Labute approximate surface area is 119 Å². The first-order valence-corrected chi connectivity index (χ1v) is 5.79. The zero-order valence-corrected chi connectivity index (χ0v) is 12.3. The van der Waals surface area contributed by atoms with E-state index < -0.39 is 6.09 Å². The van der Waals surface area contributed by atoms with Crippen molar-refractivity contribution in [2.75, 3.05) is 20.8 Å². The second-order valence-electron chi connectivity index (χ2n) is 3.52. The van der Waals surface area contributed by atoms with Crippen LogP contribution in [0.25, 0.3) is 0 Å². The van der Waals surface area contributed by atoms with E-state index in [0.717, 1.165) is 10.0 Å². The van der Waals surface area contributed by atoms with E-state index in [1.807, 2.05) is 6.07 Å². The molecular weight excluding hydrogens is 325 g/mol. The molecule has 1 N–H and O–H groups in total. The van der Waals surface area contributed by atoms with Crippen molar-refractivity contribution in [1.29, 1.82) is 0 Å². The van der Waals surface area contributed by atoms with E-state index in [4.69, 9.17) is 14.2 Å². The van der Waals surface area contributed by atoms with Crippen LogP contribution in [0.1, 0.15) is 11.6 Å². The molecule has 0 saturated carbocycles. The molecule has 7 heteroatoms. The van der Waals surface area contributed by atoms with Crippen molar-refractivity contribution in [2.45, 2.75) is 6.04 Å². The second kappa shape index (κ2) is 6.15. The van der Waals surface area contributed by atoms with Crippen molar-refractivity contribution in [2.24, 2.45) is 0 Å². The molecule has 0 unspecified atom stereocenters. The lowest BCUT2D eigenvalue weighted by Gasteiger charge is -2.14. The number of carbonyl (C=O) groups is 1. The Kier molecular flexibility index (Phi) is 5.10. The first-order valence-electron chi connectivity index (χ1n) is 5.00. The van der Waals surface area contributed by atoms with Gasteiger partial charge in [-0.3, -0.25) is 0 Å². The van der Waals surface area contributed by atoms with Crippen molar-refractivity contribution < 1.29 is 19.0 Å². The molecule has 5 nitrogen and oxygen atoms in total. The lowest BCUT2D eigenvalue weighted by Crippen LogP contribution is -2.18. The predicted molar refractivity (Wildman–Crippen MR) is 71.7 cm³/mol. The Morgan fingerprint density at radius 2 is 1.94 bits per heavy atom. The fraction of sp³-hybridized carbons (Fsp3) is 0.364. The molecule has 0 spiro atoms. The summed E-state index contributed by atoms with van der Waals surface area (Å²) in [5.74, 6) is 1.25. The van der Waals surface area contributed by atoms with Gasteiger partial charge < -0.3 is 19.5 Å². The number of nitrogens with one attached hydrogen (secondary N) is 1. The number of hydrogen-bond acceptors (Lipinski definition) is 4. The van der Waals surface area contributed by atoms with Gasteiger partial charge in [-0.2, -0.15) is 0 Å². The van der Waals surface area contributed by atoms with E-state index in [1.165, 1.54) is 0 Å². The van der Waals surface area contributed by atoms with Crippen LogP contribution >= 0.6 is 28.3 Å². The fourth-order valence-electron chi connectivity index (χ4n) is 1.69. The summed E-state index contributed by atoms with van der Waals surface area (Å²) in [5, 5.41) is 2.71. The molecule has 0 radical (unpaired) electrons. The number of ether oxygens (including phenoxy) is 3. The summed E-state index contributed by atoms with van der Waals surface area (Å²) in [6.07, 6.45) is -0.406. The van der Waals surface area contributed by atoms with Gasteiger partial charge in [-0.25, -0.2) is 4.79 Å². The fourth-order valence-corrected chi connectivity index (χ4v) is 2.29. The predicted octanol–water partition coefficient (Wildman–Crippen LogP) is 2.67. The largest absolute Gasteiger partial charge is 0.493 e. The quantitative estimate of drug-likeness (QED) is 0.920. The molecular formula is C11H13BrClNO4. The minimum atomic E-state index is -0.406. The molecule has 2 rings (SSSR count). The van der Waals surface area contributed by atoms with Gasteiger partial charge in [-0.15, -0.1) is 12.4 Å². The average Bonchev–Trinajstić information content (AvgIpc) is 2.75. The number of halogens is 2. The van der Waals surface area contributed by atoms with E-state index in [-0.39, 0.29) is 18.4 Å². The summed E-state index contributed by atoms with van der Waals surface area (Å²) in [4.78, 5) is 11.0. The monoisotopic (exact) mass is 337 g/mol. The highest BCUT2D eigenvalue weighted by Crippen LogP contribution is 2.36. The molecule has 1 atom stereocenters. The van der Waals surface area contributed by atoms with Crippen LogP contribution in [-0.4, -0.2) is 26.9 Å². The van der Waals surface area contributed by atoms with E-state index in [2.05, 4.69) is 21.2 Å². The molecule has 100 valence electrons. The number of cyclic esters (lactones) is 1. The van der Waals surface area contributed by atoms with Crippen LogP contribution in [0.15, 0.2) is 16.6 Å². The summed E-state index contributed by atoms with van der Waals surface area (Å²) in [5.41, 5.74) is 0.897. The molecule has 1 aliphatic rings. The number of benzene rings is 1. The van der Waals surface area contributed by atoms with Crippen LogP contribution in [0.3, 0.4) is 0 Å². The molecule has 1 aromatic rings. The van der Waals surface area contributed by atoms with Gasteiger partial charge in [0, 0.05) is 4.47 Å². The van der Waals surface area contributed by atoms with Crippen LogP contribution in [0.5, 0.6) is 11.5 Å². The number of amides is 1. The van der Waals surface area contributed by atoms with Gasteiger partial charge in [0.1, 0.15) is 6.61 Å². The maximum Gasteiger partial charge on any atom is 0.407 e. The summed E-state index contributed by atoms with van der Waals surface area (Å²) < 4.78 is 16.1. The highest BCUT2D eigenvalue weighted by Gasteiger charge is 2.26. The average molecular weight is 339 g/mol. The number of hydrogen-bond donors (Lipinski definition) is 1. The standard InChI is InChI=1S/C11H12BrNO4.ClH/c1-15-9-3-6(7(12)4-10(9)16-2)8-5-17-11(14)13-8;/h3-4,8H,5H2,1-2H3,(H,13,14);1H/t8-;/m0./s1. The van der Waals surface area contributed by atoms with Crippen molar-refractivity contribution in [3.05, 3.63) is 22.2 Å². The smallest absolute Gasteiger partial charge is 0.407 e. The highest BCUT2D eigenvalue weighted by molar-refractivity contribution is 9.10. The maximum atomic E-state index is 11.0. The van der Waals surface area contributed by atoms with Crippen molar-refractivity contribution in [1.82, 2.24) is 5.32 Å². The van der Waals surface area contributed by atoms with Crippen LogP contribution < -0.4 is 14.8 Å². The Morgan fingerprint density at radius 3 is 2.44 bits per heavy atom. The minimum absolute atomic E-state index is 0. The van der Waals surface area contributed by atoms with Crippen molar-refractivity contribution in [3.63, 3.8) is 0 Å². The van der Waals surface area contributed by atoms with Crippen LogP contribution in [0.2, 0.25) is 0 Å². The molecule has 18 heavy (non-hydrogen) atoms. The number of methoxy groups -OCH3 is 2. The van der Waals surface area contributed by atoms with Gasteiger partial charge in [0.05, 0.1) is 20.3 Å². The first kappa shape index (κ1) is 14.9. The molecule has 1 aliphatic heterocycles. The molecule has 0 bridgehead atoms. The molecule has 1 aromatic carbocycles. The third-order valence-electron chi connectivity index (χ3n) is 2.55. The maximum absolute atomic E-state index is 11.0. The van der Waals surface area contributed by atoms with E-state index in [0.29, 0.717) is 18.1 Å². The zero-order valence-electron chi connectivity index (χ0n) is 9.86. The summed E-state index contributed by atoms with van der Waals surface area (Å²) in [6.45, 7) is 0.312. The van der Waals surface area contributed by atoms with Gasteiger partial charge in [0.2, 0.25) is 0 Å². The van der Waals surface area contributed by atoms with Gasteiger partial charge in [-0.05, 0) is 17.7 Å². The Morgan fingerprint density at radius 1 is 1.33 bits per heavy atom. The second-order valence-corrected chi connectivity index (χ2v) is 4.38. The normalized spacial score (nSPS) is 17.5. The molecule has 1 saturated heterocycles. The number of alkyl carbamates (subject to hydrolysis) is 1. The Bertz CT molecular complexity index is 455. The lowest BCUT2D eigenvalue weighted by molar-refractivity contribution is 0.177. The zero-order chi connectivity index (χ0) is 12.4. The van der Waals surface area contributed by atoms with Gasteiger partial charge in [0.25, 0.3) is 0 Å². The number of rotatable bonds is 3. The van der Waals surface area contributed by atoms with Gasteiger partial charge in [-0.1, -0.05) is 15.9 Å². The van der Waals surface area contributed by atoms with Crippen LogP contribution in [0, 0.1) is 0 Å². The number of carbonyl (C=O) groups excluding carboxylic acids is 1. The summed E-state index contributed by atoms with van der Waals surface area (Å²) in [7, 11) is 3.14.